The standard InChI is InChI=1S/C16H25ClN4O2S/c1-3-18-16(21-12-15(22)19-8-10-23-2)20-9-11-24-14-6-4-13(17)5-7-14/h4-7H,3,8-12H2,1-2H3,(H,19,22)(H2,18,20,21). The van der Waals surface area contributed by atoms with Crippen molar-refractivity contribution in [2.45, 2.75) is 11.8 Å². The van der Waals surface area contributed by atoms with Gasteiger partial charge in [-0.15, -0.1) is 11.8 Å². The summed E-state index contributed by atoms with van der Waals surface area (Å²) in [5.41, 5.74) is 0. The topological polar surface area (TPSA) is 74.8 Å². The average Bonchev–Trinajstić information content (AvgIpc) is 2.58. The Morgan fingerprint density at radius 2 is 1.96 bits per heavy atom. The molecule has 0 bridgehead atoms. The van der Waals surface area contributed by atoms with Crippen LogP contribution in [-0.2, 0) is 9.53 Å². The Balaban J connectivity index is 2.29. The quantitative estimate of drug-likeness (QED) is 0.252. The summed E-state index contributed by atoms with van der Waals surface area (Å²) in [5.74, 6) is 1.39. The van der Waals surface area contributed by atoms with E-state index < -0.39 is 0 Å². The van der Waals surface area contributed by atoms with Gasteiger partial charge >= 0.3 is 0 Å². The Labute approximate surface area is 152 Å². The second-order valence-corrected chi connectivity index (χ2v) is 6.37. The first-order chi connectivity index (χ1) is 11.7. The third-order valence-corrected chi connectivity index (χ3v) is 4.10. The maximum absolute atomic E-state index is 11.6. The van der Waals surface area contributed by atoms with Crippen LogP contribution in [0, 0.1) is 0 Å². The van der Waals surface area contributed by atoms with Gasteiger partial charge in [-0.2, -0.15) is 0 Å². The second-order valence-electron chi connectivity index (χ2n) is 4.77. The van der Waals surface area contributed by atoms with Crippen molar-refractivity contribution in [2.75, 3.05) is 45.6 Å². The number of aliphatic imine (C=N–C) groups is 1. The van der Waals surface area contributed by atoms with Crippen LogP contribution >= 0.6 is 23.4 Å². The van der Waals surface area contributed by atoms with E-state index in [4.69, 9.17) is 16.3 Å². The van der Waals surface area contributed by atoms with Gasteiger partial charge in [-0.25, -0.2) is 4.99 Å². The van der Waals surface area contributed by atoms with Crippen molar-refractivity contribution in [3.05, 3.63) is 29.3 Å². The van der Waals surface area contributed by atoms with Crippen molar-refractivity contribution in [1.82, 2.24) is 16.0 Å². The Hall–Kier alpha value is -1.44. The van der Waals surface area contributed by atoms with Crippen LogP contribution < -0.4 is 16.0 Å². The molecule has 0 aliphatic heterocycles. The molecule has 0 fully saturated rings. The summed E-state index contributed by atoms with van der Waals surface area (Å²) in [6.45, 7) is 4.54. The number of nitrogens with zero attached hydrogens (tertiary/aromatic N) is 1. The summed E-state index contributed by atoms with van der Waals surface area (Å²) in [7, 11) is 1.60. The minimum absolute atomic E-state index is 0.0867. The third-order valence-electron chi connectivity index (χ3n) is 2.83. The highest BCUT2D eigenvalue weighted by molar-refractivity contribution is 7.99. The van der Waals surface area contributed by atoms with Gasteiger partial charge in [0.1, 0.15) is 6.54 Å². The molecule has 0 aromatic heterocycles. The van der Waals surface area contributed by atoms with Crippen LogP contribution in [-0.4, -0.2) is 57.5 Å². The summed E-state index contributed by atoms with van der Waals surface area (Å²) in [6.07, 6.45) is 0. The minimum atomic E-state index is -0.125. The third kappa shape index (κ3) is 9.64. The Morgan fingerprint density at radius 1 is 1.21 bits per heavy atom. The van der Waals surface area contributed by atoms with Crippen LogP contribution in [0.5, 0.6) is 0 Å². The molecular formula is C16H25ClN4O2S. The fourth-order valence-corrected chi connectivity index (χ4v) is 2.60. The first kappa shape index (κ1) is 20.6. The number of nitrogens with one attached hydrogen (secondary N) is 3. The molecule has 134 valence electrons. The van der Waals surface area contributed by atoms with E-state index in [2.05, 4.69) is 20.9 Å². The number of hydrogen-bond donors (Lipinski definition) is 3. The maximum Gasteiger partial charge on any atom is 0.241 e. The maximum atomic E-state index is 11.6. The average molecular weight is 373 g/mol. The first-order valence-electron chi connectivity index (χ1n) is 7.82. The second kappa shape index (κ2) is 12.9. The number of guanidine groups is 1. The van der Waals surface area contributed by atoms with Crippen LogP contribution in [0.2, 0.25) is 5.02 Å². The van der Waals surface area contributed by atoms with Crippen LogP contribution in [0.3, 0.4) is 0 Å². The Bertz CT molecular complexity index is 511. The van der Waals surface area contributed by atoms with E-state index in [1.54, 1.807) is 18.9 Å². The van der Waals surface area contributed by atoms with Crippen molar-refractivity contribution < 1.29 is 9.53 Å². The largest absolute Gasteiger partial charge is 0.383 e. The zero-order valence-electron chi connectivity index (χ0n) is 14.1. The summed E-state index contributed by atoms with van der Waals surface area (Å²) in [5, 5.41) is 9.80. The van der Waals surface area contributed by atoms with E-state index in [0.29, 0.717) is 19.1 Å². The van der Waals surface area contributed by atoms with Crippen molar-refractivity contribution in [1.29, 1.82) is 0 Å². The number of methoxy groups -OCH3 is 1. The molecule has 1 rings (SSSR count). The molecule has 3 N–H and O–H groups in total. The number of halogens is 1. The van der Waals surface area contributed by atoms with Crippen LogP contribution in [0.25, 0.3) is 0 Å². The van der Waals surface area contributed by atoms with Gasteiger partial charge in [-0.1, -0.05) is 11.6 Å². The zero-order valence-corrected chi connectivity index (χ0v) is 15.7. The molecule has 24 heavy (non-hydrogen) atoms. The lowest BCUT2D eigenvalue weighted by Gasteiger charge is -2.11. The number of carbonyl (C=O) groups is 1. The number of hydrogen-bond acceptors (Lipinski definition) is 4. The highest BCUT2D eigenvalue weighted by atomic mass is 35.5. The molecule has 0 aliphatic carbocycles. The Kier molecular flexibility index (Phi) is 11.1. The lowest BCUT2D eigenvalue weighted by Crippen LogP contribution is -2.39. The van der Waals surface area contributed by atoms with E-state index in [1.165, 1.54) is 4.90 Å². The summed E-state index contributed by atoms with van der Waals surface area (Å²) >= 11 is 7.59. The van der Waals surface area contributed by atoms with Gasteiger partial charge in [-0.05, 0) is 31.2 Å². The first-order valence-corrected chi connectivity index (χ1v) is 9.18. The van der Waals surface area contributed by atoms with Gasteiger partial charge in [0.05, 0.1) is 6.61 Å². The fourth-order valence-electron chi connectivity index (χ4n) is 1.71. The molecule has 1 aromatic rings. The number of carbonyl (C=O) groups excluding carboxylic acids is 1. The zero-order chi connectivity index (χ0) is 17.6. The molecule has 0 unspecified atom stereocenters. The van der Waals surface area contributed by atoms with E-state index in [0.717, 1.165) is 23.9 Å². The fraction of sp³-hybridized carbons (Fsp3) is 0.500. The number of benzene rings is 1. The molecule has 0 aliphatic rings. The smallest absolute Gasteiger partial charge is 0.241 e. The van der Waals surface area contributed by atoms with E-state index >= 15 is 0 Å². The van der Waals surface area contributed by atoms with E-state index in [-0.39, 0.29) is 12.5 Å². The van der Waals surface area contributed by atoms with Crippen LogP contribution in [0.1, 0.15) is 6.92 Å². The summed E-state index contributed by atoms with van der Waals surface area (Å²) in [6, 6.07) is 7.75. The lowest BCUT2D eigenvalue weighted by molar-refractivity contribution is -0.119. The van der Waals surface area contributed by atoms with Crippen LogP contribution in [0.15, 0.2) is 34.2 Å². The van der Waals surface area contributed by atoms with Crippen molar-refractivity contribution in [3.8, 4) is 0 Å². The number of amides is 1. The van der Waals surface area contributed by atoms with Gasteiger partial charge in [0, 0.05) is 42.4 Å². The van der Waals surface area contributed by atoms with Crippen molar-refractivity contribution in [2.24, 2.45) is 4.99 Å². The molecule has 0 saturated heterocycles. The van der Waals surface area contributed by atoms with Crippen molar-refractivity contribution >= 4 is 35.2 Å². The van der Waals surface area contributed by atoms with Gasteiger partial charge in [0.15, 0.2) is 5.96 Å². The highest BCUT2D eigenvalue weighted by Crippen LogP contribution is 2.19. The van der Waals surface area contributed by atoms with Gasteiger partial charge in [0.25, 0.3) is 0 Å². The molecule has 0 radical (unpaired) electrons. The Morgan fingerprint density at radius 3 is 2.62 bits per heavy atom. The SMILES string of the molecule is CCNC(=NCC(=O)NCCOC)NCCSc1ccc(Cl)cc1. The summed E-state index contributed by atoms with van der Waals surface area (Å²) < 4.78 is 4.88. The number of ether oxygens (including phenoxy) is 1. The van der Waals surface area contributed by atoms with Gasteiger partial charge in [0.2, 0.25) is 5.91 Å². The van der Waals surface area contributed by atoms with Crippen LogP contribution in [0.4, 0.5) is 0 Å². The monoisotopic (exact) mass is 372 g/mol. The van der Waals surface area contributed by atoms with E-state index in [1.807, 2.05) is 31.2 Å². The lowest BCUT2D eigenvalue weighted by atomic mass is 10.4. The summed E-state index contributed by atoms with van der Waals surface area (Å²) in [4.78, 5) is 17.1. The number of thioether (sulfide) groups is 1. The van der Waals surface area contributed by atoms with Crippen molar-refractivity contribution in [3.63, 3.8) is 0 Å². The molecule has 6 nitrogen and oxygen atoms in total. The molecule has 0 saturated carbocycles. The predicted molar refractivity (Wildman–Crippen MR) is 101 cm³/mol. The highest BCUT2D eigenvalue weighted by Gasteiger charge is 2.02. The predicted octanol–water partition coefficient (Wildman–Crippen LogP) is 1.75. The molecular weight excluding hydrogens is 348 g/mol. The van der Waals surface area contributed by atoms with Gasteiger partial charge < -0.3 is 20.7 Å². The molecule has 0 heterocycles. The molecule has 0 atom stereocenters. The molecule has 8 heteroatoms. The molecule has 1 amide bonds. The minimum Gasteiger partial charge on any atom is -0.383 e. The van der Waals surface area contributed by atoms with E-state index in [9.17, 15) is 4.79 Å². The molecule has 1 aromatic carbocycles. The van der Waals surface area contributed by atoms with Gasteiger partial charge in [-0.3, -0.25) is 4.79 Å². The normalized spacial score (nSPS) is 11.2. The molecule has 0 spiro atoms. The number of rotatable bonds is 10.